The zero-order valence-corrected chi connectivity index (χ0v) is 12.9. The Balaban J connectivity index is 3.10. The lowest BCUT2D eigenvalue weighted by Crippen LogP contribution is -2.47. The molecule has 0 N–H and O–H groups in total. The number of carbonyl (C=O) groups is 2. The van der Waals surface area contributed by atoms with Gasteiger partial charge >= 0.3 is 11.9 Å². The highest BCUT2D eigenvalue weighted by molar-refractivity contribution is 8.01. The van der Waals surface area contributed by atoms with Crippen LogP contribution in [0.2, 0.25) is 0 Å². The summed E-state index contributed by atoms with van der Waals surface area (Å²) in [6.45, 7) is 3.90. The maximum Gasteiger partial charge on any atom is 0.334 e. The summed E-state index contributed by atoms with van der Waals surface area (Å²) in [7, 11) is 0. The van der Waals surface area contributed by atoms with E-state index in [1.165, 1.54) is 0 Å². The van der Waals surface area contributed by atoms with Gasteiger partial charge in [0.15, 0.2) is 0 Å². The molecule has 5 heteroatoms. The van der Waals surface area contributed by atoms with Crippen molar-refractivity contribution in [3.05, 3.63) is 35.9 Å². The van der Waals surface area contributed by atoms with E-state index in [0.29, 0.717) is 0 Å². The van der Waals surface area contributed by atoms with Crippen molar-refractivity contribution >= 4 is 23.7 Å². The first-order valence-corrected chi connectivity index (χ1v) is 7.76. The fourth-order valence-corrected chi connectivity index (χ4v) is 2.61. The molecule has 0 unspecified atom stereocenters. The monoisotopic (exact) mass is 296 g/mol. The second-order valence-electron chi connectivity index (χ2n) is 4.13. The number of benzene rings is 1. The SMILES string of the molecule is CCOC(=O)C(Cc1ccccc1)(SC)C(=O)OCC. The van der Waals surface area contributed by atoms with Gasteiger partial charge in [0.25, 0.3) is 0 Å². The van der Waals surface area contributed by atoms with Gasteiger partial charge in [-0.25, -0.2) is 9.59 Å². The molecular weight excluding hydrogens is 276 g/mol. The maximum atomic E-state index is 12.3. The Kier molecular flexibility index (Phi) is 6.58. The molecule has 20 heavy (non-hydrogen) atoms. The molecule has 0 saturated carbocycles. The second kappa shape index (κ2) is 7.94. The Morgan fingerprint density at radius 1 is 1.05 bits per heavy atom. The van der Waals surface area contributed by atoms with Gasteiger partial charge in [0.2, 0.25) is 4.75 Å². The summed E-state index contributed by atoms with van der Waals surface area (Å²) in [6.07, 6.45) is 1.98. The molecule has 0 aliphatic rings. The number of hydrogen-bond acceptors (Lipinski definition) is 5. The van der Waals surface area contributed by atoms with Crippen LogP contribution in [0.3, 0.4) is 0 Å². The predicted molar refractivity (Wildman–Crippen MR) is 79.7 cm³/mol. The lowest BCUT2D eigenvalue weighted by atomic mass is 9.98. The first-order chi connectivity index (χ1) is 9.60. The standard InChI is InChI=1S/C15H20O4S/c1-4-18-13(16)15(20-3,14(17)19-5-2)11-12-9-7-6-8-10-12/h6-10H,4-5,11H2,1-3H3. The number of esters is 2. The van der Waals surface area contributed by atoms with Gasteiger partial charge in [-0.2, -0.15) is 0 Å². The van der Waals surface area contributed by atoms with Gasteiger partial charge in [-0.3, -0.25) is 0 Å². The molecule has 0 heterocycles. The number of thioether (sulfide) groups is 1. The van der Waals surface area contributed by atoms with E-state index in [2.05, 4.69) is 0 Å². The highest BCUT2D eigenvalue weighted by Gasteiger charge is 2.48. The van der Waals surface area contributed by atoms with Crippen molar-refractivity contribution in [2.45, 2.75) is 25.0 Å². The van der Waals surface area contributed by atoms with Crippen LogP contribution in [0.4, 0.5) is 0 Å². The van der Waals surface area contributed by atoms with Crippen molar-refractivity contribution in [1.29, 1.82) is 0 Å². The summed E-state index contributed by atoms with van der Waals surface area (Å²) >= 11 is 1.16. The van der Waals surface area contributed by atoms with E-state index < -0.39 is 16.7 Å². The molecule has 0 aromatic heterocycles. The molecular formula is C15H20O4S. The molecule has 0 bridgehead atoms. The minimum absolute atomic E-state index is 0.231. The van der Waals surface area contributed by atoms with Crippen molar-refractivity contribution < 1.29 is 19.1 Å². The van der Waals surface area contributed by atoms with Crippen LogP contribution in [0.1, 0.15) is 19.4 Å². The Bertz CT molecular complexity index is 426. The molecule has 4 nitrogen and oxygen atoms in total. The Morgan fingerprint density at radius 2 is 1.55 bits per heavy atom. The molecule has 110 valence electrons. The summed E-state index contributed by atoms with van der Waals surface area (Å²) < 4.78 is 8.81. The van der Waals surface area contributed by atoms with Crippen molar-refractivity contribution in [3.8, 4) is 0 Å². The molecule has 0 aliphatic heterocycles. The molecule has 0 spiro atoms. The van der Waals surface area contributed by atoms with E-state index in [-0.39, 0.29) is 19.6 Å². The highest BCUT2D eigenvalue weighted by Crippen LogP contribution is 2.31. The third-order valence-corrected chi connectivity index (χ3v) is 4.03. The molecule has 0 fully saturated rings. The quantitative estimate of drug-likeness (QED) is 0.571. The van der Waals surface area contributed by atoms with Crippen LogP contribution in [0.5, 0.6) is 0 Å². The molecule has 0 amide bonds. The first kappa shape index (κ1) is 16.6. The van der Waals surface area contributed by atoms with Crippen molar-refractivity contribution in [3.63, 3.8) is 0 Å². The first-order valence-electron chi connectivity index (χ1n) is 6.54. The van der Waals surface area contributed by atoms with E-state index >= 15 is 0 Å². The van der Waals surface area contributed by atoms with Crippen LogP contribution < -0.4 is 0 Å². The topological polar surface area (TPSA) is 52.6 Å². The molecule has 0 radical (unpaired) electrons. The average Bonchev–Trinajstić information content (AvgIpc) is 2.46. The summed E-state index contributed by atoms with van der Waals surface area (Å²) in [5.41, 5.74) is 0.892. The number of rotatable bonds is 7. The third-order valence-electron chi connectivity index (χ3n) is 2.85. The van der Waals surface area contributed by atoms with E-state index in [9.17, 15) is 9.59 Å². The summed E-state index contributed by atoms with van der Waals surface area (Å²) in [5.74, 6) is -1.09. The normalized spacial score (nSPS) is 10.9. The Labute approximate surface area is 123 Å². The van der Waals surface area contributed by atoms with Crippen LogP contribution in [0, 0.1) is 0 Å². The van der Waals surface area contributed by atoms with Gasteiger partial charge in [0.05, 0.1) is 13.2 Å². The number of ether oxygens (including phenoxy) is 2. The highest BCUT2D eigenvalue weighted by atomic mass is 32.2. The van der Waals surface area contributed by atoms with E-state index in [4.69, 9.17) is 9.47 Å². The maximum absolute atomic E-state index is 12.3. The van der Waals surface area contributed by atoms with Gasteiger partial charge in [0.1, 0.15) is 0 Å². The number of hydrogen-bond donors (Lipinski definition) is 0. The van der Waals surface area contributed by atoms with Crippen LogP contribution in [-0.4, -0.2) is 36.2 Å². The van der Waals surface area contributed by atoms with E-state index in [1.54, 1.807) is 20.1 Å². The van der Waals surface area contributed by atoms with Gasteiger partial charge in [-0.15, -0.1) is 11.8 Å². The molecule has 0 saturated heterocycles. The van der Waals surface area contributed by atoms with Crippen LogP contribution >= 0.6 is 11.8 Å². The zero-order chi connectivity index (χ0) is 15.0. The average molecular weight is 296 g/mol. The molecule has 0 atom stereocenters. The lowest BCUT2D eigenvalue weighted by Gasteiger charge is -2.27. The molecule has 0 aliphatic carbocycles. The molecule has 1 aromatic carbocycles. The molecule has 1 aromatic rings. The van der Waals surface area contributed by atoms with Gasteiger partial charge in [-0.05, 0) is 25.7 Å². The fraction of sp³-hybridized carbons (Fsp3) is 0.467. The van der Waals surface area contributed by atoms with Gasteiger partial charge in [-0.1, -0.05) is 30.3 Å². The summed E-state index contributed by atoms with van der Waals surface area (Å²) in [6, 6.07) is 9.39. The van der Waals surface area contributed by atoms with Crippen molar-refractivity contribution in [2.24, 2.45) is 0 Å². The Morgan fingerprint density at radius 3 is 1.95 bits per heavy atom. The smallest absolute Gasteiger partial charge is 0.334 e. The number of carbonyl (C=O) groups excluding carboxylic acids is 2. The Hall–Kier alpha value is -1.49. The minimum Gasteiger partial charge on any atom is -0.465 e. The van der Waals surface area contributed by atoms with E-state index in [1.807, 2.05) is 30.3 Å². The van der Waals surface area contributed by atoms with E-state index in [0.717, 1.165) is 17.3 Å². The summed E-state index contributed by atoms with van der Waals surface area (Å²) in [5, 5.41) is 0. The van der Waals surface area contributed by atoms with Crippen molar-refractivity contribution in [2.75, 3.05) is 19.5 Å². The zero-order valence-electron chi connectivity index (χ0n) is 12.0. The fourth-order valence-electron chi connectivity index (χ4n) is 1.85. The van der Waals surface area contributed by atoms with Crippen molar-refractivity contribution in [1.82, 2.24) is 0 Å². The predicted octanol–water partition coefficient (Wildman–Crippen LogP) is 2.46. The van der Waals surface area contributed by atoms with Crippen LogP contribution in [0.15, 0.2) is 30.3 Å². The summed E-state index contributed by atoms with van der Waals surface area (Å²) in [4.78, 5) is 24.5. The van der Waals surface area contributed by atoms with Crippen LogP contribution in [0.25, 0.3) is 0 Å². The molecule has 1 rings (SSSR count). The lowest BCUT2D eigenvalue weighted by molar-refractivity contribution is -0.158. The largest absolute Gasteiger partial charge is 0.465 e. The third kappa shape index (κ3) is 3.76. The van der Waals surface area contributed by atoms with Crippen LogP contribution in [-0.2, 0) is 25.5 Å². The van der Waals surface area contributed by atoms with Gasteiger partial charge < -0.3 is 9.47 Å². The van der Waals surface area contributed by atoms with Gasteiger partial charge in [0, 0.05) is 6.42 Å². The minimum atomic E-state index is -1.34. The second-order valence-corrected chi connectivity index (χ2v) is 5.24.